The first-order valence-corrected chi connectivity index (χ1v) is 21.3. The minimum atomic E-state index is -1.19. The molecule has 0 aliphatic rings. The summed E-state index contributed by atoms with van der Waals surface area (Å²) >= 11 is 0. The molecule has 2 N–H and O–H groups in total. The van der Waals surface area contributed by atoms with Crippen LogP contribution in [-0.2, 0) is 38.1 Å². The molecule has 0 amide bonds. The van der Waals surface area contributed by atoms with E-state index >= 15 is 0 Å². The van der Waals surface area contributed by atoms with Crippen LogP contribution < -0.4 is 0 Å². The van der Waals surface area contributed by atoms with Gasteiger partial charge in [-0.1, -0.05) is 168 Å². The molecule has 0 aliphatic heterocycles. The molecule has 1 atom stereocenters. The minimum absolute atomic E-state index is 0.248. The van der Waals surface area contributed by atoms with E-state index in [1.165, 1.54) is 128 Å². The molecule has 306 valence electrons. The van der Waals surface area contributed by atoms with Gasteiger partial charge in [0.2, 0.25) is 0 Å². The molecule has 0 aromatic carbocycles. The molecular weight excluding hydrogens is 664 g/mol. The fourth-order valence-electron chi connectivity index (χ4n) is 5.97. The second-order valence-electron chi connectivity index (χ2n) is 14.5. The summed E-state index contributed by atoms with van der Waals surface area (Å²) in [5, 5.41) is 18.2. The standard InChI is InChI=1S/C42H78O10/c1-3-5-7-9-11-13-15-17-19-21-23-25-27-29-39(45)50-35-38(52-42(48)32-31-41(47)49-34-37(44)33-43)36-51-40(46)30-28-26-24-22-20-18-16-14-12-10-8-6-4-2/h37-38,43-44H,3-36H2,1-2H3. The third kappa shape index (κ3) is 36.2. The number of esters is 4. The zero-order chi connectivity index (χ0) is 38.3. The Balaban J connectivity index is 4.35. The van der Waals surface area contributed by atoms with Crippen LogP contribution in [0, 0.1) is 0 Å². The van der Waals surface area contributed by atoms with E-state index < -0.39 is 42.7 Å². The van der Waals surface area contributed by atoms with Crippen molar-refractivity contribution in [3.8, 4) is 0 Å². The van der Waals surface area contributed by atoms with Gasteiger partial charge in [-0.05, 0) is 12.8 Å². The zero-order valence-corrected chi connectivity index (χ0v) is 33.4. The number of rotatable bonds is 39. The summed E-state index contributed by atoms with van der Waals surface area (Å²) in [5.41, 5.74) is 0. The van der Waals surface area contributed by atoms with E-state index in [0.717, 1.165) is 38.5 Å². The van der Waals surface area contributed by atoms with E-state index in [4.69, 9.17) is 24.1 Å². The maximum Gasteiger partial charge on any atom is 0.306 e. The van der Waals surface area contributed by atoms with Gasteiger partial charge in [0.05, 0.1) is 19.4 Å². The molecule has 0 heterocycles. The Morgan fingerprint density at radius 3 is 1.04 bits per heavy atom. The van der Waals surface area contributed by atoms with Crippen LogP contribution in [0.1, 0.15) is 206 Å². The number of hydrogen-bond donors (Lipinski definition) is 2. The molecule has 0 aromatic heterocycles. The van der Waals surface area contributed by atoms with Crippen molar-refractivity contribution >= 4 is 23.9 Å². The fraction of sp³-hybridized carbons (Fsp3) is 0.905. The van der Waals surface area contributed by atoms with Crippen molar-refractivity contribution in [2.45, 2.75) is 219 Å². The van der Waals surface area contributed by atoms with E-state index in [-0.39, 0.29) is 45.5 Å². The lowest BCUT2D eigenvalue weighted by Gasteiger charge is -2.18. The number of hydrogen-bond acceptors (Lipinski definition) is 10. The third-order valence-corrected chi connectivity index (χ3v) is 9.31. The second-order valence-corrected chi connectivity index (χ2v) is 14.5. The highest BCUT2D eigenvalue weighted by Gasteiger charge is 2.21. The van der Waals surface area contributed by atoms with Crippen LogP contribution in [0.5, 0.6) is 0 Å². The van der Waals surface area contributed by atoms with E-state index in [1.807, 2.05) is 0 Å². The van der Waals surface area contributed by atoms with Gasteiger partial charge in [-0.25, -0.2) is 0 Å². The van der Waals surface area contributed by atoms with E-state index in [2.05, 4.69) is 13.8 Å². The van der Waals surface area contributed by atoms with Crippen molar-refractivity contribution in [2.24, 2.45) is 0 Å². The Hall–Kier alpha value is -2.20. The average Bonchev–Trinajstić information content (AvgIpc) is 3.14. The van der Waals surface area contributed by atoms with Crippen LogP contribution in [-0.4, -0.2) is 72.7 Å². The van der Waals surface area contributed by atoms with Gasteiger partial charge in [0, 0.05) is 12.8 Å². The van der Waals surface area contributed by atoms with E-state index in [9.17, 15) is 24.3 Å². The summed E-state index contributed by atoms with van der Waals surface area (Å²) in [4.78, 5) is 49.2. The molecule has 0 bridgehead atoms. The summed E-state index contributed by atoms with van der Waals surface area (Å²) in [6.45, 7) is 3.06. The Morgan fingerprint density at radius 1 is 0.404 bits per heavy atom. The third-order valence-electron chi connectivity index (χ3n) is 9.31. The van der Waals surface area contributed by atoms with Crippen LogP contribution >= 0.6 is 0 Å². The lowest BCUT2D eigenvalue weighted by atomic mass is 10.0. The van der Waals surface area contributed by atoms with Gasteiger partial charge < -0.3 is 29.2 Å². The van der Waals surface area contributed by atoms with Gasteiger partial charge in [-0.15, -0.1) is 0 Å². The van der Waals surface area contributed by atoms with Crippen molar-refractivity contribution in [3.63, 3.8) is 0 Å². The summed E-state index contributed by atoms with van der Waals surface area (Å²) in [6, 6.07) is 0. The predicted octanol–water partition coefficient (Wildman–Crippen LogP) is 9.62. The van der Waals surface area contributed by atoms with Crippen molar-refractivity contribution in [1.82, 2.24) is 0 Å². The van der Waals surface area contributed by atoms with Crippen LogP contribution in [0.2, 0.25) is 0 Å². The SMILES string of the molecule is CCCCCCCCCCCCCCCC(=O)OCC(COC(=O)CCCCCCCCCCCCCCC)OC(=O)CCC(=O)OCC(O)CO. The molecule has 10 heteroatoms. The number of carbonyl (C=O) groups is 4. The van der Waals surface area contributed by atoms with Crippen molar-refractivity contribution in [3.05, 3.63) is 0 Å². The lowest BCUT2D eigenvalue weighted by molar-refractivity contribution is -0.167. The normalized spacial score (nSPS) is 11.8. The molecule has 0 fully saturated rings. The Morgan fingerprint density at radius 2 is 0.692 bits per heavy atom. The summed E-state index contributed by atoms with van der Waals surface area (Å²) in [7, 11) is 0. The zero-order valence-electron chi connectivity index (χ0n) is 33.4. The highest BCUT2D eigenvalue weighted by atomic mass is 16.6. The van der Waals surface area contributed by atoms with Crippen molar-refractivity contribution < 1.29 is 48.3 Å². The lowest BCUT2D eigenvalue weighted by Crippen LogP contribution is -2.31. The first-order valence-electron chi connectivity index (χ1n) is 21.3. The number of ether oxygens (including phenoxy) is 4. The number of aliphatic hydroxyl groups is 2. The minimum Gasteiger partial charge on any atom is -0.463 e. The molecule has 0 spiro atoms. The van der Waals surface area contributed by atoms with Gasteiger partial charge in [0.15, 0.2) is 6.10 Å². The molecular formula is C42H78O10. The van der Waals surface area contributed by atoms with Crippen molar-refractivity contribution in [2.75, 3.05) is 26.4 Å². The van der Waals surface area contributed by atoms with Crippen LogP contribution in [0.4, 0.5) is 0 Å². The van der Waals surface area contributed by atoms with Gasteiger partial charge in [-0.2, -0.15) is 0 Å². The monoisotopic (exact) mass is 743 g/mol. The topological polar surface area (TPSA) is 146 Å². The molecule has 0 saturated carbocycles. The molecule has 0 aliphatic carbocycles. The molecule has 1 unspecified atom stereocenters. The van der Waals surface area contributed by atoms with Crippen LogP contribution in [0.25, 0.3) is 0 Å². The first-order chi connectivity index (χ1) is 25.3. The number of unbranched alkanes of at least 4 members (excludes halogenated alkanes) is 24. The Kier molecular flexibility index (Phi) is 36.9. The van der Waals surface area contributed by atoms with Gasteiger partial charge >= 0.3 is 23.9 Å². The molecule has 0 rings (SSSR count). The molecule has 0 radical (unpaired) electrons. The van der Waals surface area contributed by atoms with Crippen LogP contribution in [0.3, 0.4) is 0 Å². The highest BCUT2D eigenvalue weighted by molar-refractivity contribution is 5.77. The Bertz CT molecular complexity index is 803. The van der Waals surface area contributed by atoms with Crippen LogP contribution in [0.15, 0.2) is 0 Å². The van der Waals surface area contributed by atoms with E-state index in [0.29, 0.717) is 0 Å². The smallest absolute Gasteiger partial charge is 0.306 e. The molecule has 0 aromatic rings. The van der Waals surface area contributed by atoms with E-state index in [1.54, 1.807) is 0 Å². The largest absolute Gasteiger partial charge is 0.463 e. The highest BCUT2D eigenvalue weighted by Crippen LogP contribution is 2.15. The first kappa shape index (κ1) is 49.8. The summed E-state index contributed by atoms with van der Waals surface area (Å²) in [6.07, 6.45) is 29.2. The maximum atomic E-state index is 12.5. The van der Waals surface area contributed by atoms with Crippen molar-refractivity contribution in [1.29, 1.82) is 0 Å². The predicted molar refractivity (Wildman–Crippen MR) is 206 cm³/mol. The number of carbonyl (C=O) groups excluding carboxylic acids is 4. The quantitative estimate of drug-likeness (QED) is 0.0355. The molecule has 0 saturated heterocycles. The van der Waals surface area contributed by atoms with Gasteiger partial charge in [0.1, 0.15) is 25.9 Å². The molecule has 10 nitrogen and oxygen atoms in total. The second kappa shape index (κ2) is 38.5. The summed E-state index contributed by atoms with van der Waals surface area (Å²) < 4.78 is 21.0. The fourth-order valence-corrected chi connectivity index (χ4v) is 5.97. The number of aliphatic hydroxyl groups excluding tert-OH is 2. The van der Waals surface area contributed by atoms with Gasteiger partial charge in [-0.3, -0.25) is 19.2 Å². The summed E-state index contributed by atoms with van der Waals surface area (Å²) in [5.74, 6) is -2.25. The Labute approximate surface area is 316 Å². The van der Waals surface area contributed by atoms with Gasteiger partial charge in [0.25, 0.3) is 0 Å². The molecule has 52 heavy (non-hydrogen) atoms. The maximum absolute atomic E-state index is 12.5. The average molecular weight is 743 g/mol.